The van der Waals surface area contributed by atoms with Crippen LogP contribution in [0.2, 0.25) is 0 Å². The van der Waals surface area contributed by atoms with E-state index in [0.29, 0.717) is 38.2 Å². The van der Waals surface area contributed by atoms with E-state index in [9.17, 15) is 18.8 Å². The lowest BCUT2D eigenvalue weighted by Gasteiger charge is -2.33. The van der Waals surface area contributed by atoms with Gasteiger partial charge in [0, 0.05) is 38.2 Å². The molecule has 2 heterocycles. The van der Waals surface area contributed by atoms with Crippen molar-refractivity contribution in [2.24, 2.45) is 5.92 Å². The third-order valence-corrected chi connectivity index (χ3v) is 5.14. The minimum absolute atomic E-state index is 0.0123. The van der Waals surface area contributed by atoms with Crippen LogP contribution in [0.25, 0.3) is 0 Å². The molecule has 0 spiro atoms. The fourth-order valence-electron chi connectivity index (χ4n) is 3.75. The zero-order chi connectivity index (χ0) is 18.7. The van der Waals surface area contributed by atoms with E-state index in [1.807, 2.05) is 0 Å². The number of carboxylic acids is 1. The normalized spacial score (nSPS) is 20.5. The number of nitrogens with zero attached hydrogens (tertiary/aromatic N) is 2. The lowest BCUT2D eigenvalue weighted by molar-refractivity contribution is -0.137. The van der Waals surface area contributed by atoms with Crippen LogP contribution in [0.15, 0.2) is 18.2 Å². The molecule has 3 rings (SSSR count). The van der Waals surface area contributed by atoms with E-state index in [1.165, 1.54) is 18.2 Å². The molecule has 2 aliphatic heterocycles. The summed E-state index contributed by atoms with van der Waals surface area (Å²) >= 11 is 0. The molecule has 0 unspecified atom stereocenters. The highest BCUT2D eigenvalue weighted by atomic mass is 19.1. The molecule has 2 aliphatic rings. The van der Waals surface area contributed by atoms with Gasteiger partial charge in [-0.2, -0.15) is 0 Å². The van der Waals surface area contributed by atoms with Gasteiger partial charge in [-0.25, -0.2) is 4.39 Å². The van der Waals surface area contributed by atoms with Crippen molar-refractivity contribution in [1.82, 2.24) is 4.90 Å². The van der Waals surface area contributed by atoms with Crippen LogP contribution in [0, 0.1) is 11.7 Å². The number of aliphatic carboxylic acids is 1. The molecule has 2 amide bonds. The summed E-state index contributed by atoms with van der Waals surface area (Å²) in [5, 5.41) is 8.83. The van der Waals surface area contributed by atoms with E-state index in [-0.39, 0.29) is 23.8 Å². The fourth-order valence-corrected chi connectivity index (χ4v) is 3.75. The Morgan fingerprint density at radius 2 is 2.04 bits per heavy atom. The lowest BCUT2D eigenvalue weighted by Crippen LogP contribution is -2.40. The molecule has 0 radical (unpaired) electrons. The van der Waals surface area contributed by atoms with Gasteiger partial charge in [-0.3, -0.25) is 14.4 Å². The van der Waals surface area contributed by atoms with Crippen molar-refractivity contribution >= 4 is 23.5 Å². The Kier molecular flexibility index (Phi) is 5.54. The second kappa shape index (κ2) is 7.85. The minimum Gasteiger partial charge on any atom is -0.481 e. The van der Waals surface area contributed by atoms with Crippen molar-refractivity contribution in [3.8, 4) is 0 Å². The van der Waals surface area contributed by atoms with Crippen LogP contribution in [-0.2, 0) is 9.59 Å². The number of likely N-dealkylation sites (tertiary alicyclic amines) is 1. The zero-order valence-corrected chi connectivity index (χ0v) is 14.6. The van der Waals surface area contributed by atoms with Crippen LogP contribution >= 0.6 is 0 Å². The summed E-state index contributed by atoms with van der Waals surface area (Å²) in [6.07, 6.45) is 3.48. The molecule has 0 saturated carbocycles. The van der Waals surface area contributed by atoms with Crippen LogP contribution in [0.5, 0.6) is 0 Å². The summed E-state index contributed by atoms with van der Waals surface area (Å²) in [4.78, 5) is 38.7. The number of halogens is 1. The summed E-state index contributed by atoms with van der Waals surface area (Å²) in [6.45, 7) is 1.56. The first-order valence-electron chi connectivity index (χ1n) is 9.06. The Labute approximate surface area is 151 Å². The minimum atomic E-state index is -0.845. The van der Waals surface area contributed by atoms with Gasteiger partial charge in [-0.05, 0) is 49.8 Å². The maximum absolute atomic E-state index is 14.3. The highest BCUT2D eigenvalue weighted by Gasteiger charge is 2.28. The Balaban J connectivity index is 1.74. The number of anilines is 1. The Bertz CT molecular complexity index is 721. The average Bonchev–Trinajstić information content (AvgIpc) is 3.06. The van der Waals surface area contributed by atoms with Crippen molar-refractivity contribution < 1.29 is 23.9 Å². The van der Waals surface area contributed by atoms with Crippen molar-refractivity contribution in [2.75, 3.05) is 24.5 Å². The van der Waals surface area contributed by atoms with Gasteiger partial charge in [0.15, 0.2) is 0 Å². The Morgan fingerprint density at radius 1 is 1.23 bits per heavy atom. The first-order chi connectivity index (χ1) is 12.5. The third-order valence-electron chi connectivity index (χ3n) is 5.14. The molecule has 7 heteroatoms. The van der Waals surface area contributed by atoms with Gasteiger partial charge in [0.1, 0.15) is 5.82 Å². The van der Waals surface area contributed by atoms with Gasteiger partial charge in [0.2, 0.25) is 5.91 Å². The SMILES string of the molecule is O=C(O)CC[C@@H]1CCCN(C(=O)c2cc(N3CCCC3=O)ccc2F)C1. The van der Waals surface area contributed by atoms with Crippen molar-refractivity contribution in [1.29, 1.82) is 0 Å². The summed E-state index contributed by atoms with van der Waals surface area (Å²) in [5.41, 5.74) is 0.526. The second-order valence-electron chi connectivity index (χ2n) is 7.00. The predicted octanol–water partition coefficient (Wildman–Crippen LogP) is 2.67. The average molecular weight is 362 g/mol. The molecule has 1 aromatic rings. The van der Waals surface area contributed by atoms with Crippen molar-refractivity contribution in [3.63, 3.8) is 0 Å². The Hall–Kier alpha value is -2.44. The number of hydrogen-bond acceptors (Lipinski definition) is 3. The van der Waals surface area contributed by atoms with Crippen molar-refractivity contribution in [2.45, 2.75) is 38.5 Å². The van der Waals surface area contributed by atoms with Gasteiger partial charge in [-0.15, -0.1) is 0 Å². The van der Waals surface area contributed by atoms with Gasteiger partial charge in [0.25, 0.3) is 5.91 Å². The monoisotopic (exact) mass is 362 g/mol. The van der Waals surface area contributed by atoms with E-state index in [0.717, 1.165) is 19.3 Å². The number of benzene rings is 1. The number of piperidine rings is 1. The van der Waals surface area contributed by atoms with E-state index >= 15 is 0 Å². The number of carbonyl (C=O) groups excluding carboxylic acids is 2. The molecule has 0 aromatic heterocycles. The molecule has 26 heavy (non-hydrogen) atoms. The number of carboxylic acid groups (broad SMARTS) is 1. The standard InChI is InChI=1S/C19H23FN2O4/c20-16-7-6-14(22-10-2-4-17(22)23)11-15(16)19(26)21-9-1-3-13(12-21)5-8-18(24)25/h6-7,11,13H,1-5,8-10,12H2,(H,24,25)/t13-/m0/s1. The van der Waals surface area contributed by atoms with E-state index < -0.39 is 17.7 Å². The van der Waals surface area contributed by atoms with Gasteiger partial charge in [-0.1, -0.05) is 0 Å². The summed E-state index contributed by atoms with van der Waals surface area (Å²) in [5.74, 6) is -1.73. The van der Waals surface area contributed by atoms with Crippen LogP contribution in [0.3, 0.4) is 0 Å². The molecule has 1 atom stereocenters. The molecule has 1 aromatic carbocycles. The van der Waals surface area contributed by atoms with E-state index in [1.54, 1.807) is 9.80 Å². The first-order valence-corrected chi connectivity index (χ1v) is 9.06. The quantitative estimate of drug-likeness (QED) is 0.874. The third kappa shape index (κ3) is 4.03. The smallest absolute Gasteiger partial charge is 0.303 e. The largest absolute Gasteiger partial charge is 0.481 e. The van der Waals surface area contributed by atoms with Gasteiger partial charge in [0.05, 0.1) is 5.56 Å². The maximum Gasteiger partial charge on any atom is 0.303 e. The number of hydrogen-bond donors (Lipinski definition) is 1. The molecule has 0 aliphatic carbocycles. The molecule has 2 saturated heterocycles. The second-order valence-corrected chi connectivity index (χ2v) is 7.00. The lowest BCUT2D eigenvalue weighted by atomic mass is 9.93. The number of rotatable bonds is 5. The molecule has 6 nitrogen and oxygen atoms in total. The highest BCUT2D eigenvalue weighted by Crippen LogP contribution is 2.27. The van der Waals surface area contributed by atoms with E-state index in [2.05, 4.69) is 0 Å². The van der Waals surface area contributed by atoms with E-state index in [4.69, 9.17) is 5.11 Å². The van der Waals surface area contributed by atoms with Crippen molar-refractivity contribution in [3.05, 3.63) is 29.6 Å². The maximum atomic E-state index is 14.3. The highest BCUT2D eigenvalue weighted by molar-refractivity contribution is 5.99. The summed E-state index contributed by atoms with van der Waals surface area (Å²) in [6, 6.07) is 4.23. The fraction of sp³-hybridized carbons (Fsp3) is 0.526. The summed E-state index contributed by atoms with van der Waals surface area (Å²) in [7, 11) is 0. The Morgan fingerprint density at radius 3 is 2.73 bits per heavy atom. The topological polar surface area (TPSA) is 77.9 Å². The molecular formula is C19H23FN2O4. The van der Waals surface area contributed by atoms with Crippen LogP contribution in [0.1, 0.15) is 48.9 Å². The molecule has 1 N–H and O–H groups in total. The van der Waals surface area contributed by atoms with Gasteiger partial charge < -0.3 is 14.9 Å². The zero-order valence-electron chi connectivity index (χ0n) is 14.6. The van der Waals surface area contributed by atoms with Crippen LogP contribution < -0.4 is 4.90 Å². The predicted molar refractivity (Wildman–Crippen MR) is 93.5 cm³/mol. The molecule has 0 bridgehead atoms. The molecular weight excluding hydrogens is 339 g/mol. The number of carbonyl (C=O) groups is 3. The summed E-state index contributed by atoms with van der Waals surface area (Å²) < 4.78 is 14.3. The van der Waals surface area contributed by atoms with Gasteiger partial charge >= 0.3 is 5.97 Å². The first kappa shape index (κ1) is 18.4. The molecule has 2 fully saturated rings. The molecule has 140 valence electrons. The van der Waals surface area contributed by atoms with Crippen LogP contribution in [0.4, 0.5) is 10.1 Å². The van der Waals surface area contributed by atoms with Crippen LogP contribution in [-0.4, -0.2) is 47.4 Å². The number of amides is 2.